The van der Waals surface area contributed by atoms with Crippen molar-refractivity contribution in [3.05, 3.63) is 65.5 Å². The Hall–Kier alpha value is -1.98. The van der Waals surface area contributed by atoms with Crippen LogP contribution in [0.4, 0.5) is 4.39 Å². The average molecular weight is 317 g/mol. The maximum atomic E-state index is 13.1. The van der Waals surface area contributed by atoms with Gasteiger partial charge in [0, 0.05) is 0 Å². The Morgan fingerprint density at radius 3 is 2.23 bits per heavy atom. The lowest BCUT2D eigenvalue weighted by molar-refractivity contribution is 0.597. The van der Waals surface area contributed by atoms with E-state index in [1.165, 1.54) is 18.2 Å². The second kappa shape index (κ2) is 5.66. The van der Waals surface area contributed by atoms with Crippen molar-refractivity contribution in [2.24, 2.45) is 5.14 Å². The fourth-order valence-electron chi connectivity index (χ4n) is 2.97. The van der Waals surface area contributed by atoms with Gasteiger partial charge in [-0.25, -0.2) is 17.9 Å². The van der Waals surface area contributed by atoms with Crippen LogP contribution in [0, 0.1) is 5.82 Å². The van der Waals surface area contributed by atoms with E-state index in [-0.39, 0.29) is 10.7 Å². The van der Waals surface area contributed by atoms with Gasteiger partial charge in [-0.2, -0.15) is 0 Å². The van der Waals surface area contributed by atoms with Crippen molar-refractivity contribution in [2.45, 2.75) is 24.2 Å². The molecular weight excluding hydrogens is 301 g/mol. The van der Waals surface area contributed by atoms with Crippen molar-refractivity contribution in [1.82, 2.24) is 0 Å². The summed E-state index contributed by atoms with van der Waals surface area (Å²) in [7, 11) is -3.78. The van der Waals surface area contributed by atoms with Crippen LogP contribution in [0.3, 0.4) is 0 Å². The van der Waals surface area contributed by atoms with Gasteiger partial charge in [0.15, 0.2) is 0 Å². The SMILES string of the molecule is NS(=O)(=O)c1ccccc1C1=C(c2ccc(F)cc2)CCC1. The lowest BCUT2D eigenvalue weighted by Crippen LogP contribution is -2.14. The van der Waals surface area contributed by atoms with E-state index in [4.69, 9.17) is 5.14 Å². The minimum Gasteiger partial charge on any atom is -0.225 e. The molecule has 0 heterocycles. The van der Waals surface area contributed by atoms with Crippen molar-refractivity contribution in [2.75, 3.05) is 0 Å². The van der Waals surface area contributed by atoms with Gasteiger partial charge in [-0.15, -0.1) is 0 Å². The van der Waals surface area contributed by atoms with Crippen LogP contribution in [0.1, 0.15) is 30.4 Å². The van der Waals surface area contributed by atoms with Gasteiger partial charge in [-0.05, 0) is 59.7 Å². The smallest absolute Gasteiger partial charge is 0.225 e. The quantitative estimate of drug-likeness (QED) is 0.941. The third kappa shape index (κ3) is 2.82. The van der Waals surface area contributed by atoms with Gasteiger partial charge in [0.05, 0.1) is 4.90 Å². The van der Waals surface area contributed by atoms with Crippen LogP contribution in [0.25, 0.3) is 11.1 Å². The zero-order chi connectivity index (χ0) is 15.7. The van der Waals surface area contributed by atoms with Crippen LogP contribution in [0.15, 0.2) is 53.4 Å². The molecule has 2 aromatic rings. The molecule has 3 rings (SSSR count). The first kappa shape index (κ1) is 14.9. The van der Waals surface area contributed by atoms with Crippen molar-refractivity contribution >= 4 is 21.2 Å². The standard InChI is InChI=1S/C17H16FNO2S/c18-13-10-8-12(9-11-13)14-5-3-6-15(14)16-4-1-2-7-17(16)22(19,20)21/h1-2,4,7-11H,3,5-6H2,(H2,19,20,21). The summed E-state index contributed by atoms with van der Waals surface area (Å²) < 4.78 is 36.7. The summed E-state index contributed by atoms with van der Waals surface area (Å²) in [6.07, 6.45) is 2.58. The molecular formula is C17H16FNO2S. The van der Waals surface area contributed by atoms with E-state index in [0.29, 0.717) is 5.56 Å². The third-order valence-electron chi connectivity index (χ3n) is 3.93. The molecule has 0 unspecified atom stereocenters. The lowest BCUT2D eigenvalue weighted by Gasteiger charge is -2.12. The van der Waals surface area contributed by atoms with Crippen LogP contribution >= 0.6 is 0 Å². The summed E-state index contributed by atoms with van der Waals surface area (Å²) in [4.78, 5) is 0.145. The number of nitrogens with two attached hydrogens (primary N) is 1. The van der Waals surface area contributed by atoms with Gasteiger partial charge in [0.2, 0.25) is 10.0 Å². The van der Waals surface area contributed by atoms with Crippen LogP contribution in [0.2, 0.25) is 0 Å². The molecule has 0 saturated heterocycles. The minimum absolute atomic E-state index is 0.145. The van der Waals surface area contributed by atoms with Crippen LogP contribution in [-0.4, -0.2) is 8.42 Å². The predicted octanol–water partition coefficient (Wildman–Crippen LogP) is 3.57. The fourth-order valence-corrected chi connectivity index (χ4v) is 3.74. The molecule has 0 saturated carbocycles. The molecule has 0 amide bonds. The number of hydrogen-bond donors (Lipinski definition) is 1. The second-order valence-electron chi connectivity index (χ2n) is 5.36. The Labute approximate surface area is 129 Å². The number of benzene rings is 2. The number of hydrogen-bond acceptors (Lipinski definition) is 2. The highest BCUT2D eigenvalue weighted by Gasteiger charge is 2.22. The Morgan fingerprint density at radius 1 is 0.909 bits per heavy atom. The Bertz CT molecular complexity index is 839. The third-order valence-corrected chi connectivity index (χ3v) is 4.90. The first-order chi connectivity index (χ1) is 10.5. The largest absolute Gasteiger partial charge is 0.238 e. The van der Waals surface area contributed by atoms with Crippen molar-refractivity contribution in [3.8, 4) is 0 Å². The van der Waals surface area contributed by atoms with Gasteiger partial charge in [-0.3, -0.25) is 0 Å². The molecule has 5 heteroatoms. The van der Waals surface area contributed by atoms with Gasteiger partial charge in [-0.1, -0.05) is 30.3 Å². The van der Waals surface area contributed by atoms with E-state index >= 15 is 0 Å². The first-order valence-corrected chi connectivity index (χ1v) is 8.61. The number of sulfonamides is 1. The molecule has 0 fully saturated rings. The monoisotopic (exact) mass is 317 g/mol. The second-order valence-corrected chi connectivity index (χ2v) is 6.89. The molecule has 1 aliphatic carbocycles. The molecule has 22 heavy (non-hydrogen) atoms. The molecule has 0 aromatic heterocycles. The van der Waals surface area contributed by atoms with Crippen LogP contribution in [0.5, 0.6) is 0 Å². The lowest BCUT2D eigenvalue weighted by atomic mass is 9.97. The fraction of sp³-hybridized carbons (Fsp3) is 0.176. The number of rotatable bonds is 3. The summed E-state index contributed by atoms with van der Waals surface area (Å²) in [5.74, 6) is -0.283. The minimum atomic E-state index is -3.78. The normalized spacial score (nSPS) is 15.4. The number of allylic oxidation sites excluding steroid dienone is 2. The van der Waals surface area contributed by atoms with Crippen molar-refractivity contribution < 1.29 is 12.8 Å². The number of primary sulfonamides is 1. The Kier molecular flexibility index (Phi) is 3.85. The maximum Gasteiger partial charge on any atom is 0.238 e. The summed E-state index contributed by atoms with van der Waals surface area (Å²) in [5.41, 5.74) is 3.63. The highest BCUT2D eigenvalue weighted by Crippen LogP contribution is 2.41. The predicted molar refractivity (Wildman–Crippen MR) is 84.9 cm³/mol. The summed E-state index contributed by atoms with van der Waals surface area (Å²) in [6, 6.07) is 13.1. The topological polar surface area (TPSA) is 60.2 Å². The molecule has 3 nitrogen and oxygen atoms in total. The molecule has 0 radical (unpaired) electrons. The van der Waals surface area contributed by atoms with Crippen molar-refractivity contribution in [1.29, 1.82) is 0 Å². The van der Waals surface area contributed by atoms with E-state index in [1.807, 2.05) is 0 Å². The molecule has 0 bridgehead atoms. The van der Waals surface area contributed by atoms with E-state index in [2.05, 4.69) is 0 Å². The van der Waals surface area contributed by atoms with E-state index < -0.39 is 10.0 Å². The van der Waals surface area contributed by atoms with E-state index in [0.717, 1.165) is 36.0 Å². The molecule has 0 aliphatic heterocycles. The first-order valence-electron chi connectivity index (χ1n) is 7.07. The number of halogens is 1. The van der Waals surface area contributed by atoms with Gasteiger partial charge in [0.1, 0.15) is 5.82 Å². The van der Waals surface area contributed by atoms with Gasteiger partial charge < -0.3 is 0 Å². The van der Waals surface area contributed by atoms with Crippen LogP contribution in [-0.2, 0) is 10.0 Å². The van der Waals surface area contributed by atoms with Gasteiger partial charge in [0.25, 0.3) is 0 Å². The Balaban J connectivity index is 2.18. The highest BCUT2D eigenvalue weighted by atomic mass is 32.2. The zero-order valence-corrected chi connectivity index (χ0v) is 12.7. The highest BCUT2D eigenvalue weighted by molar-refractivity contribution is 7.89. The molecule has 1 aliphatic rings. The zero-order valence-electron chi connectivity index (χ0n) is 11.9. The molecule has 2 N–H and O–H groups in total. The average Bonchev–Trinajstić information content (AvgIpc) is 2.96. The van der Waals surface area contributed by atoms with Gasteiger partial charge >= 0.3 is 0 Å². The molecule has 114 valence electrons. The van der Waals surface area contributed by atoms with E-state index in [1.54, 1.807) is 30.3 Å². The van der Waals surface area contributed by atoms with E-state index in [9.17, 15) is 12.8 Å². The maximum absolute atomic E-state index is 13.1. The Morgan fingerprint density at radius 2 is 1.55 bits per heavy atom. The van der Waals surface area contributed by atoms with Crippen molar-refractivity contribution in [3.63, 3.8) is 0 Å². The summed E-state index contributed by atoms with van der Waals surface area (Å²) in [6.45, 7) is 0. The molecule has 0 atom stereocenters. The summed E-state index contributed by atoms with van der Waals surface area (Å²) in [5, 5.41) is 5.33. The van der Waals surface area contributed by atoms with Crippen LogP contribution < -0.4 is 5.14 Å². The molecule has 0 spiro atoms. The summed E-state index contributed by atoms with van der Waals surface area (Å²) >= 11 is 0. The molecule has 2 aromatic carbocycles.